The zero-order valence-corrected chi connectivity index (χ0v) is 7.62. The lowest BCUT2D eigenvalue weighted by Crippen LogP contribution is -2.38. The highest BCUT2D eigenvalue weighted by Gasteiger charge is 2.00. The molecular weight excluding hydrogens is 186 g/mol. The van der Waals surface area contributed by atoms with Crippen LogP contribution in [-0.4, -0.2) is 15.7 Å². The van der Waals surface area contributed by atoms with Crippen molar-refractivity contribution in [2.75, 3.05) is 6.54 Å². The number of nitrogens with zero attached hydrogens (tertiary/aromatic N) is 5. The highest BCUT2D eigenvalue weighted by molar-refractivity contribution is 4.85. The molecule has 7 heteroatoms. The van der Waals surface area contributed by atoms with Crippen molar-refractivity contribution in [3.05, 3.63) is 43.5 Å². The molecule has 0 unspecified atom stereocenters. The topological polar surface area (TPSA) is 92.8 Å². The van der Waals surface area contributed by atoms with Gasteiger partial charge in [-0.15, -0.1) is 0 Å². The van der Waals surface area contributed by atoms with E-state index < -0.39 is 5.69 Å². The fourth-order valence-electron chi connectivity index (χ4n) is 1.01. The third kappa shape index (κ3) is 2.02. The Morgan fingerprint density at radius 3 is 2.93 bits per heavy atom. The number of aryl methyl sites for hydroxylation is 1. The number of hydrogen-bond acceptors (Lipinski definition) is 3. The quantitative estimate of drug-likeness (QED) is 0.381. The van der Waals surface area contributed by atoms with Gasteiger partial charge in [-0.3, -0.25) is 9.36 Å². The second kappa shape index (κ2) is 4.29. The lowest BCUT2D eigenvalue weighted by atomic mass is 10.5. The van der Waals surface area contributed by atoms with Crippen LogP contribution in [0.15, 0.2) is 27.0 Å². The molecule has 0 bridgehead atoms. The molecule has 0 N–H and O–H groups in total. The number of rotatable bonds is 3. The molecule has 1 aromatic heterocycles. The van der Waals surface area contributed by atoms with Crippen molar-refractivity contribution in [2.24, 2.45) is 12.2 Å². The van der Waals surface area contributed by atoms with Crippen molar-refractivity contribution < 1.29 is 0 Å². The van der Waals surface area contributed by atoms with Crippen molar-refractivity contribution in [1.82, 2.24) is 9.13 Å². The van der Waals surface area contributed by atoms with Gasteiger partial charge in [0.15, 0.2) is 0 Å². The summed E-state index contributed by atoms with van der Waals surface area (Å²) in [6, 6.07) is 1.29. The monoisotopic (exact) mass is 195 g/mol. The molecule has 0 radical (unpaired) electrons. The fourth-order valence-corrected chi connectivity index (χ4v) is 1.01. The SMILES string of the molecule is Cn1ccc(=O)n(CCN=[N+]=[N-])c1=O. The molecule has 0 aliphatic rings. The fraction of sp³-hybridized carbons (Fsp3) is 0.429. The Bertz CT molecular complexity index is 480. The van der Waals surface area contributed by atoms with Crippen LogP contribution in [0.4, 0.5) is 0 Å². The highest BCUT2D eigenvalue weighted by atomic mass is 16.2. The maximum atomic E-state index is 11.4. The highest BCUT2D eigenvalue weighted by Crippen LogP contribution is 1.77. The van der Waals surface area contributed by atoms with E-state index in [1.807, 2.05) is 0 Å². The van der Waals surface area contributed by atoms with E-state index in [1.54, 1.807) is 7.05 Å². The molecule has 0 saturated heterocycles. The third-order valence-electron chi connectivity index (χ3n) is 1.73. The van der Waals surface area contributed by atoms with Gasteiger partial charge < -0.3 is 4.57 Å². The van der Waals surface area contributed by atoms with Gasteiger partial charge >= 0.3 is 5.69 Å². The third-order valence-corrected chi connectivity index (χ3v) is 1.73. The van der Waals surface area contributed by atoms with E-state index in [-0.39, 0.29) is 18.6 Å². The molecule has 0 aliphatic carbocycles. The largest absolute Gasteiger partial charge is 0.330 e. The molecule has 0 spiro atoms. The Kier molecular flexibility index (Phi) is 3.09. The minimum Gasteiger partial charge on any atom is -0.303 e. The Morgan fingerprint density at radius 2 is 2.29 bits per heavy atom. The summed E-state index contributed by atoms with van der Waals surface area (Å²) in [5, 5.41) is 3.25. The molecule has 0 aromatic carbocycles. The summed E-state index contributed by atoms with van der Waals surface area (Å²) in [5.74, 6) is 0. The van der Waals surface area contributed by atoms with Gasteiger partial charge in [-0.2, -0.15) is 0 Å². The minimum absolute atomic E-state index is 0.0929. The first-order valence-corrected chi connectivity index (χ1v) is 3.94. The minimum atomic E-state index is -0.411. The smallest absolute Gasteiger partial charge is 0.303 e. The molecule has 74 valence electrons. The maximum absolute atomic E-state index is 11.4. The predicted octanol–water partition coefficient (Wildman–Crippen LogP) is -0.143. The Morgan fingerprint density at radius 1 is 1.57 bits per heavy atom. The lowest BCUT2D eigenvalue weighted by molar-refractivity contribution is 0.597. The first-order valence-electron chi connectivity index (χ1n) is 3.94. The molecule has 7 nitrogen and oxygen atoms in total. The van der Waals surface area contributed by atoms with E-state index in [0.717, 1.165) is 4.57 Å². The molecule has 0 amide bonds. The van der Waals surface area contributed by atoms with Crippen LogP contribution in [0.3, 0.4) is 0 Å². The summed E-state index contributed by atoms with van der Waals surface area (Å²) in [5.41, 5.74) is 7.23. The summed E-state index contributed by atoms with van der Waals surface area (Å²) in [6.45, 7) is 0.200. The van der Waals surface area contributed by atoms with Crippen molar-refractivity contribution in [2.45, 2.75) is 6.54 Å². The van der Waals surface area contributed by atoms with Crippen molar-refractivity contribution in [3.63, 3.8) is 0 Å². The average molecular weight is 195 g/mol. The average Bonchev–Trinajstić information content (AvgIpc) is 2.18. The van der Waals surface area contributed by atoms with Crippen LogP contribution in [-0.2, 0) is 13.6 Å². The van der Waals surface area contributed by atoms with Crippen LogP contribution in [0, 0.1) is 0 Å². The molecule has 1 heterocycles. The zero-order chi connectivity index (χ0) is 10.6. The van der Waals surface area contributed by atoms with Crippen LogP contribution in [0.2, 0.25) is 0 Å². The van der Waals surface area contributed by atoms with E-state index in [1.165, 1.54) is 16.8 Å². The second-order valence-corrected chi connectivity index (χ2v) is 2.65. The second-order valence-electron chi connectivity index (χ2n) is 2.65. The Balaban J connectivity index is 3.07. The summed E-state index contributed by atoms with van der Waals surface area (Å²) in [4.78, 5) is 25.1. The van der Waals surface area contributed by atoms with E-state index in [9.17, 15) is 9.59 Å². The molecular formula is C7H9N5O2. The molecule has 0 atom stereocenters. The Labute approximate surface area is 78.8 Å². The van der Waals surface area contributed by atoms with Crippen molar-refractivity contribution in [1.29, 1.82) is 0 Å². The molecule has 1 aromatic rings. The van der Waals surface area contributed by atoms with Gasteiger partial charge in [0, 0.05) is 37.3 Å². The maximum Gasteiger partial charge on any atom is 0.330 e. The van der Waals surface area contributed by atoms with Gasteiger partial charge in [0.05, 0.1) is 0 Å². The summed E-state index contributed by atoms with van der Waals surface area (Å²) in [7, 11) is 1.55. The summed E-state index contributed by atoms with van der Waals surface area (Å²) in [6.07, 6.45) is 1.40. The van der Waals surface area contributed by atoms with Gasteiger partial charge in [0.1, 0.15) is 0 Å². The van der Waals surface area contributed by atoms with Crippen LogP contribution in [0.5, 0.6) is 0 Å². The number of azide groups is 1. The van der Waals surface area contributed by atoms with Crippen LogP contribution < -0.4 is 11.2 Å². The lowest BCUT2D eigenvalue weighted by Gasteiger charge is -2.03. The first kappa shape index (κ1) is 10.1. The molecule has 1 rings (SSSR count). The molecule has 14 heavy (non-hydrogen) atoms. The van der Waals surface area contributed by atoms with Crippen LogP contribution in [0.1, 0.15) is 0 Å². The Hall–Kier alpha value is -2.01. The van der Waals surface area contributed by atoms with E-state index >= 15 is 0 Å². The first-order chi connectivity index (χ1) is 6.66. The van der Waals surface area contributed by atoms with Crippen molar-refractivity contribution >= 4 is 0 Å². The summed E-state index contributed by atoms with van der Waals surface area (Å²) >= 11 is 0. The number of hydrogen-bond donors (Lipinski definition) is 0. The van der Waals surface area contributed by atoms with Gasteiger partial charge in [-0.1, -0.05) is 5.11 Å². The van der Waals surface area contributed by atoms with Gasteiger partial charge in [0.25, 0.3) is 5.56 Å². The van der Waals surface area contributed by atoms with Crippen LogP contribution >= 0.6 is 0 Å². The summed E-state index contributed by atoms with van der Waals surface area (Å²) < 4.78 is 2.31. The number of aromatic nitrogens is 2. The van der Waals surface area contributed by atoms with E-state index in [4.69, 9.17) is 5.53 Å². The van der Waals surface area contributed by atoms with Gasteiger partial charge in [0.2, 0.25) is 0 Å². The van der Waals surface area contributed by atoms with Crippen molar-refractivity contribution in [3.8, 4) is 0 Å². The van der Waals surface area contributed by atoms with E-state index in [2.05, 4.69) is 10.0 Å². The molecule has 0 saturated carbocycles. The standard InChI is InChI=1S/C7H9N5O2/c1-11-4-2-6(13)12(7(11)14)5-3-9-10-8/h2,4H,3,5H2,1H3. The molecule has 0 aliphatic heterocycles. The predicted molar refractivity (Wildman–Crippen MR) is 50.0 cm³/mol. The van der Waals surface area contributed by atoms with Crippen LogP contribution in [0.25, 0.3) is 10.4 Å². The van der Waals surface area contributed by atoms with Gasteiger partial charge in [-0.05, 0) is 5.53 Å². The molecule has 0 fully saturated rings. The normalized spacial score (nSPS) is 9.50. The zero-order valence-electron chi connectivity index (χ0n) is 7.62. The van der Waals surface area contributed by atoms with E-state index in [0.29, 0.717) is 0 Å². The van der Waals surface area contributed by atoms with Gasteiger partial charge in [-0.25, -0.2) is 4.79 Å².